The first-order valence-corrected chi connectivity index (χ1v) is 10.8. The molecule has 0 bridgehead atoms. The second kappa shape index (κ2) is 8.48. The van der Waals surface area contributed by atoms with E-state index >= 15 is 0 Å². The lowest BCUT2D eigenvalue weighted by molar-refractivity contribution is -0.133. The van der Waals surface area contributed by atoms with Crippen LogP contribution in [-0.2, 0) is 16.9 Å². The van der Waals surface area contributed by atoms with Gasteiger partial charge in [-0.05, 0) is 43.5 Å². The van der Waals surface area contributed by atoms with Gasteiger partial charge in [0.15, 0.2) is 0 Å². The topological polar surface area (TPSA) is 55.9 Å². The Bertz CT molecular complexity index is 910. The molecule has 0 unspecified atom stereocenters. The van der Waals surface area contributed by atoms with Crippen molar-refractivity contribution in [3.05, 3.63) is 65.7 Å². The molecule has 3 amide bonds. The Kier molecular flexibility index (Phi) is 5.77. The fourth-order valence-electron chi connectivity index (χ4n) is 4.61. The van der Waals surface area contributed by atoms with E-state index < -0.39 is 5.54 Å². The first-order valence-electron chi connectivity index (χ1n) is 10.8. The van der Waals surface area contributed by atoms with Gasteiger partial charge < -0.3 is 10.2 Å². The molecule has 2 heterocycles. The molecule has 2 aromatic carbocycles. The average Bonchev–Trinajstić information content (AvgIpc) is 3.38. The number of carbonyl (C=O) groups is 2. The maximum Gasteiger partial charge on any atom is 0.326 e. The SMILES string of the molecule is CC[C@@]1(c2ccccc2)NC(=O)N(CN(C)Cc2ccccc2N2CCCC2)C1=O. The van der Waals surface area contributed by atoms with E-state index in [1.165, 1.54) is 29.0 Å². The molecule has 2 saturated heterocycles. The Morgan fingerprint density at radius 3 is 2.37 bits per heavy atom. The summed E-state index contributed by atoms with van der Waals surface area (Å²) in [6.07, 6.45) is 2.97. The van der Waals surface area contributed by atoms with E-state index in [2.05, 4.69) is 28.4 Å². The minimum absolute atomic E-state index is 0.180. The second-order valence-corrected chi connectivity index (χ2v) is 8.27. The lowest BCUT2D eigenvalue weighted by Crippen LogP contribution is -2.44. The molecule has 1 atom stereocenters. The van der Waals surface area contributed by atoms with Crippen molar-refractivity contribution in [2.24, 2.45) is 0 Å². The van der Waals surface area contributed by atoms with Crippen molar-refractivity contribution >= 4 is 17.6 Å². The fraction of sp³-hybridized carbons (Fsp3) is 0.417. The lowest BCUT2D eigenvalue weighted by atomic mass is 9.87. The zero-order valence-electron chi connectivity index (χ0n) is 17.8. The maximum absolute atomic E-state index is 13.3. The molecule has 0 saturated carbocycles. The van der Waals surface area contributed by atoms with E-state index in [-0.39, 0.29) is 18.6 Å². The maximum atomic E-state index is 13.3. The lowest BCUT2D eigenvalue weighted by Gasteiger charge is -2.28. The van der Waals surface area contributed by atoms with E-state index in [0.717, 1.165) is 18.7 Å². The van der Waals surface area contributed by atoms with Gasteiger partial charge in [-0.2, -0.15) is 0 Å². The van der Waals surface area contributed by atoms with Crippen molar-refractivity contribution in [1.82, 2.24) is 15.1 Å². The third-order valence-electron chi connectivity index (χ3n) is 6.23. The number of nitrogens with zero attached hydrogens (tertiary/aromatic N) is 3. The average molecular weight is 407 g/mol. The molecule has 30 heavy (non-hydrogen) atoms. The summed E-state index contributed by atoms with van der Waals surface area (Å²) in [5, 5.41) is 2.96. The van der Waals surface area contributed by atoms with E-state index in [0.29, 0.717) is 13.0 Å². The van der Waals surface area contributed by atoms with Gasteiger partial charge in [-0.15, -0.1) is 0 Å². The molecule has 0 aliphatic carbocycles. The Labute approximate surface area is 178 Å². The largest absolute Gasteiger partial charge is 0.371 e. The van der Waals surface area contributed by atoms with Gasteiger partial charge in [-0.25, -0.2) is 9.69 Å². The molecule has 4 rings (SSSR count). The standard InChI is InChI=1S/C24H30N4O2/c1-3-24(20-12-5-4-6-13-20)22(29)28(23(30)25-24)18-26(2)17-19-11-7-8-14-21(19)27-15-9-10-16-27/h4-8,11-14H,3,9-10,15-18H2,1-2H3,(H,25,30)/t24-/m0/s1. The monoisotopic (exact) mass is 406 g/mol. The molecular weight excluding hydrogens is 376 g/mol. The summed E-state index contributed by atoms with van der Waals surface area (Å²) in [5.74, 6) is -0.180. The van der Waals surface area contributed by atoms with Crippen molar-refractivity contribution in [2.45, 2.75) is 38.3 Å². The van der Waals surface area contributed by atoms with Crippen LogP contribution in [0, 0.1) is 0 Å². The number of urea groups is 1. The van der Waals surface area contributed by atoms with Gasteiger partial charge in [0.2, 0.25) is 0 Å². The van der Waals surface area contributed by atoms with Gasteiger partial charge in [0.25, 0.3) is 5.91 Å². The smallest absolute Gasteiger partial charge is 0.326 e. The number of rotatable bonds is 7. The number of carbonyl (C=O) groups excluding carboxylic acids is 2. The van der Waals surface area contributed by atoms with Crippen LogP contribution >= 0.6 is 0 Å². The minimum atomic E-state index is -0.980. The van der Waals surface area contributed by atoms with E-state index in [9.17, 15) is 9.59 Å². The molecule has 158 valence electrons. The molecule has 2 fully saturated rings. The van der Waals surface area contributed by atoms with Crippen LogP contribution < -0.4 is 10.2 Å². The van der Waals surface area contributed by atoms with Gasteiger partial charge in [-0.1, -0.05) is 55.5 Å². The highest BCUT2D eigenvalue weighted by Gasteiger charge is 2.51. The first kappa shape index (κ1) is 20.4. The van der Waals surface area contributed by atoms with Crippen LogP contribution in [0.25, 0.3) is 0 Å². The van der Waals surface area contributed by atoms with Gasteiger partial charge in [-0.3, -0.25) is 9.69 Å². The van der Waals surface area contributed by atoms with Gasteiger partial charge in [0.1, 0.15) is 5.54 Å². The normalized spacial score (nSPS) is 21.6. The summed E-state index contributed by atoms with van der Waals surface area (Å²) in [4.78, 5) is 31.9. The van der Waals surface area contributed by atoms with E-state index in [4.69, 9.17) is 0 Å². The molecule has 2 aliphatic heterocycles. The molecule has 2 aromatic rings. The predicted molar refractivity (Wildman–Crippen MR) is 118 cm³/mol. The van der Waals surface area contributed by atoms with Crippen LogP contribution in [0.5, 0.6) is 0 Å². The van der Waals surface area contributed by atoms with Gasteiger partial charge in [0.05, 0.1) is 6.67 Å². The Morgan fingerprint density at radius 1 is 1.00 bits per heavy atom. The van der Waals surface area contributed by atoms with E-state index in [1.54, 1.807) is 0 Å². The zero-order valence-corrected chi connectivity index (χ0v) is 17.8. The number of nitrogens with one attached hydrogen (secondary N) is 1. The molecule has 1 N–H and O–H groups in total. The fourth-order valence-corrected chi connectivity index (χ4v) is 4.61. The Balaban J connectivity index is 1.50. The number of imide groups is 1. The summed E-state index contributed by atoms with van der Waals surface area (Å²) < 4.78 is 0. The number of hydrogen-bond donors (Lipinski definition) is 1. The summed E-state index contributed by atoms with van der Waals surface area (Å²) in [6.45, 7) is 5.04. The Morgan fingerprint density at radius 2 is 1.67 bits per heavy atom. The van der Waals surface area contributed by atoms with Crippen LogP contribution in [0.3, 0.4) is 0 Å². The third kappa shape index (κ3) is 3.67. The molecule has 6 heteroatoms. The number of amides is 3. The van der Waals surface area contributed by atoms with Crippen LogP contribution in [0.4, 0.5) is 10.5 Å². The second-order valence-electron chi connectivity index (χ2n) is 8.27. The predicted octanol–water partition coefficient (Wildman–Crippen LogP) is 3.53. The Hall–Kier alpha value is -2.86. The van der Waals surface area contributed by atoms with Crippen molar-refractivity contribution in [2.75, 3.05) is 31.7 Å². The number of para-hydroxylation sites is 1. The quantitative estimate of drug-likeness (QED) is 0.715. The number of anilines is 1. The molecule has 2 aliphatic rings. The third-order valence-corrected chi connectivity index (χ3v) is 6.23. The van der Waals surface area contributed by atoms with Gasteiger partial charge >= 0.3 is 6.03 Å². The molecule has 0 radical (unpaired) electrons. The summed E-state index contributed by atoms with van der Waals surface area (Å²) in [6, 6.07) is 17.6. The number of hydrogen-bond acceptors (Lipinski definition) is 4. The molecule has 0 aromatic heterocycles. The van der Waals surface area contributed by atoms with Crippen molar-refractivity contribution in [3.8, 4) is 0 Å². The molecular formula is C24H30N4O2. The highest BCUT2D eigenvalue weighted by atomic mass is 16.2. The van der Waals surface area contributed by atoms with Crippen molar-refractivity contribution < 1.29 is 9.59 Å². The van der Waals surface area contributed by atoms with Gasteiger partial charge in [0, 0.05) is 25.3 Å². The summed E-state index contributed by atoms with van der Waals surface area (Å²) in [5.41, 5.74) is 2.33. The highest BCUT2D eigenvalue weighted by Crippen LogP contribution is 2.32. The molecule has 6 nitrogen and oxygen atoms in total. The highest BCUT2D eigenvalue weighted by molar-refractivity contribution is 6.07. The van der Waals surface area contributed by atoms with Crippen molar-refractivity contribution in [1.29, 1.82) is 0 Å². The van der Waals surface area contributed by atoms with Crippen LogP contribution in [0.15, 0.2) is 54.6 Å². The van der Waals surface area contributed by atoms with Crippen LogP contribution in [0.1, 0.15) is 37.3 Å². The van der Waals surface area contributed by atoms with Crippen molar-refractivity contribution in [3.63, 3.8) is 0 Å². The van der Waals surface area contributed by atoms with Crippen LogP contribution in [0.2, 0.25) is 0 Å². The summed E-state index contributed by atoms with van der Waals surface area (Å²) in [7, 11) is 1.95. The summed E-state index contributed by atoms with van der Waals surface area (Å²) >= 11 is 0. The van der Waals surface area contributed by atoms with E-state index in [1.807, 2.05) is 55.3 Å². The first-order chi connectivity index (χ1) is 14.5. The van der Waals surface area contributed by atoms with Crippen LogP contribution in [-0.4, -0.2) is 48.5 Å². The minimum Gasteiger partial charge on any atom is -0.371 e. The zero-order chi connectivity index (χ0) is 21.1. The molecule has 0 spiro atoms. The number of benzene rings is 2.